The summed E-state index contributed by atoms with van der Waals surface area (Å²) in [7, 11) is 0. The zero-order valence-electron chi connectivity index (χ0n) is 11.9. The van der Waals surface area contributed by atoms with Gasteiger partial charge in [-0.25, -0.2) is 4.79 Å². The topological polar surface area (TPSA) is 92.4 Å². The predicted molar refractivity (Wildman–Crippen MR) is 77.1 cm³/mol. The van der Waals surface area contributed by atoms with Gasteiger partial charge in [-0.1, -0.05) is 50.6 Å². The third kappa shape index (κ3) is 4.66. The van der Waals surface area contributed by atoms with Crippen LogP contribution in [0, 0.1) is 5.92 Å². The van der Waals surface area contributed by atoms with Crippen LogP contribution in [0.1, 0.15) is 25.8 Å². The number of aliphatic carboxylic acids is 1. The Hall–Kier alpha value is -1.88. The van der Waals surface area contributed by atoms with Crippen LogP contribution < -0.4 is 11.1 Å². The first-order chi connectivity index (χ1) is 9.45. The van der Waals surface area contributed by atoms with Crippen LogP contribution in [-0.2, 0) is 16.0 Å². The first-order valence-electron chi connectivity index (χ1n) is 6.78. The molecule has 20 heavy (non-hydrogen) atoms. The van der Waals surface area contributed by atoms with E-state index in [-0.39, 0.29) is 12.3 Å². The van der Waals surface area contributed by atoms with Crippen molar-refractivity contribution in [2.24, 2.45) is 11.7 Å². The third-order valence-electron chi connectivity index (χ3n) is 3.46. The van der Waals surface area contributed by atoms with Crippen LogP contribution in [0.3, 0.4) is 0 Å². The molecule has 1 rings (SSSR count). The fraction of sp³-hybridized carbons (Fsp3) is 0.467. The quantitative estimate of drug-likeness (QED) is 0.698. The standard InChI is InChI=1S/C15H22N2O3/c1-3-10(2)13(16)14(18)17-12(15(19)20)9-11-7-5-4-6-8-11/h4-8,10,12-13H,3,9,16H2,1-2H3,(H,17,18)(H,19,20)/t10?,12?,13-/m0/s1. The van der Waals surface area contributed by atoms with Gasteiger partial charge in [-0.2, -0.15) is 0 Å². The van der Waals surface area contributed by atoms with Gasteiger partial charge in [-0.05, 0) is 11.5 Å². The van der Waals surface area contributed by atoms with Crippen LogP contribution in [0.15, 0.2) is 30.3 Å². The summed E-state index contributed by atoms with van der Waals surface area (Å²) in [5, 5.41) is 11.7. The smallest absolute Gasteiger partial charge is 0.326 e. The van der Waals surface area contributed by atoms with Gasteiger partial charge in [-0.15, -0.1) is 0 Å². The van der Waals surface area contributed by atoms with Gasteiger partial charge in [0, 0.05) is 6.42 Å². The lowest BCUT2D eigenvalue weighted by atomic mass is 9.98. The average Bonchev–Trinajstić information content (AvgIpc) is 2.45. The Morgan fingerprint density at radius 2 is 1.90 bits per heavy atom. The number of hydrogen-bond donors (Lipinski definition) is 3. The number of carboxylic acid groups (broad SMARTS) is 1. The highest BCUT2D eigenvalue weighted by Crippen LogP contribution is 2.07. The van der Waals surface area contributed by atoms with E-state index in [1.807, 2.05) is 44.2 Å². The number of nitrogens with two attached hydrogens (primary N) is 1. The van der Waals surface area contributed by atoms with E-state index >= 15 is 0 Å². The lowest BCUT2D eigenvalue weighted by Gasteiger charge is -2.21. The lowest BCUT2D eigenvalue weighted by molar-refractivity contribution is -0.142. The van der Waals surface area contributed by atoms with Crippen molar-refractivity contribution in [1.29, 1.82) is 0 Å². The van der Waals surface area contributed by atoms with Crippen molar-refractivity contribution < 1.29 is 14.7 Å². The second kappa shape index (κ2) is 7.65. The molecule has 0 bridgehead atoms. The van der Waals surface area contributed by atoms with Crippen molar-refractivity contribution in [2.45, 2.75) is 38.8 Å². The second-order valence-corrected chi connectivity index (χ2v) is 5.00. The van der Waals surface area contributed by atoms with Crippen LogP contribution in [0.2, 0.25) is 0 Å². The summed E-state index contributed by atoms with van der Waals surface area (Å²) >= 11 is 0. The van der Waals surface area contributed by atoms with Crippen molar-refractivity contribution in [3.8, 4) is 0 Å². The largest absolute Gasteiger partial charge is 0.480 e. The van der Waals surface area contributed by atoms with E-state index in [9.17, 15) is 14.7 Å². The van der Waals surface area contributed by atoms with Gasteiger partial charge in [0.1, 0.15) is 6.04 Å². The van der Waals surface area contributed by atoms with E-state index in [1.165, 1.54) is 0 Å². The van der Waals surface area contributed by atoms with Gasteiger partial charge in [-0.3, -0.25) is 4.79 Å². The molecule has 2 unspecified atom stereocenters. The van der Waals surface area contributed by atoms with Gasteiger partial charge in [0.15, 0.2) is 0 Å². The molecule has 110 valence electrons. The predicted octanol–water partition coefficient (Wildman–Crippen LogP) is 1.17. The third-order valence-corrected chi connectivity index (χ3v) is 3.46. The van der Waals surface area contributed by atoms with E-state index in [1.54, 1.807) is 0 Å². The average molecular weight is 278 g/mol. The van der Waals surface area contributed by atoms with Crippen molar-refractivity contribution >= 4 is 11.9 Å². The molecule has 0 fully saturated rings. The number of nitrogens with one attached hydrogen (secondary N) is 1. The molecule has 0 aliphatic rings. The second-order valence-electron chi connectivity index (χ2n) is 5.00. The van der Waals surface area contributed by atoms with Crippen LogP contribution >= 0.6 is 0 Å². The monoisotopic (exact) mass is 278 g/mol. The summed E-state index contributed by atoms with van der Waals surface area (Å²) < 4.78 is 0. The van der Waals surface area contributed by atoms with E-state index in [2.05, 4.69) is 5.32 Å². The molecule has 0 spiro atoms. The molecule has 0 heterocycles. The first kappa shape index (κ1) is 16.2. The maximum atomic E-state index is 11.9. The zero-order chi connectivity index (χ0) is 15.1. The summed E-state index contributed by atoms with van der Waals surface area (Å²) in [4.78, 5) is 23.2. The number of benzene rings is 1. The Balaban J connectivity index is 2.68. The Labute approximate surface area is 119 Å². The molecule has 5 nitrogen and oxygen atoms in total. The molecule has 1 aromatic carbocycles. The van der Waals surface area contributed by atoms with Crippen molar-refractivity contribution in [3.63, 3.8) is 0 Å². The fourth-order valence-corrected chi connectivity index (χ4v) is 1.83. The number of carbonyl (C=O) groups is 2. The highest BCUT2D eigenvalue weighted by Gasteiger charge is 2.25. The number of rotatable bonds is 7. The molecular weight excluding hydrogens is 256 g/mol. The molecule has 0 radical (unpaired) electrons. The van der Waals surface area contributed by atoms with E-state index < -0.39 is 24.0 Å². The molecule has 1 amide bonds. The Kier molecular flexibility index (Phi) is 6.18. The number of hydrogen-bond acceptors (Lipinski definition) is 3. The van der Waals surface area contributed by atoms with Crippen LogP contribution in [-0.4, -0.2) is 29.1 Å². The number of carboxylic acids is 1. The van der Waals surface area contributed by atoms with E-state index in [0.29, 0.717) is 0 Å². The Bertz CT molecular complexity index is 448. The highest BCUT2D eigenvalue weighted by atomic mass is 16.4. The van der Waals surface area contributed by atoms with Crippen LogP contribution in [0.25, 0.3) is 0 Å². The minimum absolute atomic E-state index is 0.0150. The van der Waals surface area contributed by atoms with E-state index in [0.717, 1.165) is 12.0 Å². The molecule has 0 aliphatic heterocycles. The van der Waals surface area contributed by atoms with E-state index in [4.69, 9.17) is 5.73 Å². The summed E-state index contributed by atoms with van der Waals surface area (Å²) in [6, 6.07) is 7.55. The minimum Gasteiger partial charge on any atom is -0.480 e. The molecule has 0 saturated heterocycles. The summed E-state index contributed by atoms with van der Waals surface area (Å²) in [5.41, 5.74) is 6.67. The zero-order valence-corrected chi connectivity index (χ0v) is 11.9. The SMILES string of the molecule is CCC(C)[C@H](N)C(=O)NC(Cc1ccccc1)C(=O)O. The van der Waals surface area contributed by atoms with Crippen molar-refractivity contribution in [3.05, 3.63) is 35.9 Å². The summed E-state index contributed by atoms with van der Waals surface area (Å²) in [6.45, 7) is 3.81. The van der Waals surface area contributed by atoms with Crippen molar-refractivity contribution in [1.82, 2.24) is 5.32 Å². The van der Waals surface area contributed by atoms with Gasteiger partial charge in [0.2, 0.25) is 5.91 Å². The Morgan fingerprint density at radius 1 is 1.30 bits per heavy atom. The van der Waals surface area contributed by atoms with Gasteiger partial charge in [0.25, 0.3) is 0 Å². The van der Waals surface area contributed by atoms with Crippen LogP contribution in [0.4, 0.5) is 0 Å². The molecule has 3 atom stereocenters. The maximum Gasteiger partial charge on any atom is 0.326 e. The normalized spacial score (nSPS) is 15.2. The van der Waals surface area contributed by atoms with Gasteiger partial charge < -0.3 is 16.2 Å². The summed E-state index contributed by atoms with van der Waals surface area (Å²) in [6.07, 6.45) is 1.01. The fourth-order valence-electron chi connectivity index (χ4n) is 1.83. The Morgan fingerprint density at radius 3 is 2.40 bits per heavy atom. The molecule has 0 aromatic heterocycles. The molecule has 1 aromatic rings. The van der Waals surface area contributed by atoms with Crippen molar-refractivity contribution in [2.75, 3.05) is 0 Å². The maximum absolute atomic E-state index is 11.9. The lowest BCUT2D eigenvalue weighted by Crippen LogP contribution is -2.51. The number of carbonyl (C=O) groups excluding carboxylic acids is 1. The van der Waals surface area contributed by atoms with Gasteiger partial charge >= 0.3 is 5.97 Å². The highest BCUT2D eigenvalue weighted by molar-refractivity contribution is 5.87. The molecule has 0 saturated carbocycles. The molecule has 0 aliphatic carbocycles. The number of amides is 1. The van der Waals surface area contributed by atoms with Crippen LogP contribution in [0.5, 0.6) is 0 Å². The molecule has 5 heteroatoms. The van der Waals surface area contributed by atoms with Gasteiger partial charge in [0.05, 0.1) is 6.04 Å². The molecule has 4 N–H and O–H groups in total. The summed E-state index contributed by atoms with van der Waals surface area (Å²) in [5.74, 6) is -1.46. The molecular formula is C15H22N2O3. The first-order valence-corrected chi connectivity index (χ1v) is 6.78. The minimum atomic E-state index is -1.06.